The van der Waals surface area contributed by atoms with Gasteiger partial charge in [0.15, 0.2) is 5.84 Å². The summed E-state index contributed by atoms with van der Waals surface area (Å²) in [4.78, 5) is 2.39. The van der Waals surface area contributed by atoms with Crippen LogP contribution in [0.15, 0.2) is 193 Å². The molecule has 224 valence electrons. The average Bonchev–Trinajstić information content (AvgIpc) is 3.61. The van der Waals surface area contributed by atoms with Gasteiger partial charge in [0.25, 0.3) is 0 Å². The number of nitrogens with zero attached hydrogens (tertiary/aromatic N) is 3. The molecule has 0 radical (unpaired) electrons. The molecule has 0 aromatic heterocycles. The van der Waals surface area contributed by atoms with Gasteiger partial charge in [-0.1, -0.05) is 170 Å². The van der Waals surface area contributed by atoms with Crippen LogP contribution in [0.4, 0.5) is 11.4 Å². The lowest BCUT2D eigenvalue weighted by atomic mass is 9.94. The van der Waals surface area contributed by atoms with Gasteiger partial charge in [0.2, 0.25) is 0 Å². The summed E-state index contributed by atoms with van der Waals surface area (Å²) in [6.45, 7) is 0.556. The Kier molecular flexibility index (Phi) is 7.62. The van der Waals surface area contributed by atoms with Crippen LogP contribution in [0, 0.1) is 0 Å². The fraction of sp³-hybridized carbons (Fsp3) is 0.0227. The second kappa shape index (κ2) is 12.7. The summed E-state index contributed by atoms with van der Waals surface area (Å²) >= 11 is 0. The minimum absolute atomic E-state index is 0.556. The van der Waals surface area contributed by atoms with Crippen molar-refractivity contribution in [3.63, 3.8) is 0 Å². The number of para-hydroxylation sites is 1. The van der Waals surface area contributed by atoms with E-state index < -0.39 is 0 Å². The largest absolute Gasteiger partial charge is 0.303 e. The van der Waals surface area contributed by atoms with E-state index in [0.29, 0.717) is 6.67 Å². The third-order valence-electron chi connectivity index (χ3n) is 8.68. The summed E-state index contributed by atoms with van der Waals surface area (Å²) in [7, 11) is 0. The van der Waals surface area contributed by atoms with Crippen LogP contribution in [0.5, 0.6) is 0 Å². The molecular weight excluding hydrogens is 571 g/mol. The Morgan fingerprint density at radius 1 is 0.362 bits per heavy atom. The number of amidine groups is 1. The summed E-state index contributed by atoms with van der Waals surface area (Å²) in [5, 5.41) is 7.55. The van der Waals surface area contributed by atoms with Gasteiger partial charge in [-0.25, -0.2) is 5.01 Å². The Labute approximate surface area is 276 Å². The van der Waals surface area contributed by atoms with Gasteiger partial charge in [-0.05, 0) is 51.6 Å². The van der Waals surface area contributed by atoms with Crippen molar-refractivity contribution in [2.24, 2.45) is 5.10 Å². The molecule has 3 nitrogen and oxygen atoms in total. The van der Waals surface area contributed by atoms with Crippen molar-refractivity contribution >= 4 is 17.2 Å². The fourth-order valence-corrected chi connectivity index (χ4v) is 6.41. The molecule has 47 heavy (non-hydrogen) atoms. The van der Waals surface area contributed by atoms with E-state index >= 15 is 0 Å². The fourth-order valence-electron chi connectivity index (χ4n) is 6.41. The van der Waals surface area contributed by atoms with E-state index in [-0.39, 0.29) is 0 Å². The number of rotatable bonds is 7. The van der Waals surface area contributed by atoms with Crippen molar-refractivity contribution in [1.82, 2.24) is 0 Å². The zero-order chi connectivity index (χ0) is 31.4. The van der Waals surface area contributed by atoms with Crippen LogP contribution in [0.1, 0.15) is 5.56 Å². The van der Waals surface area contributed by atoms with Gasteiger partial charge in [-0.15, -0.1) is 0 Å². The summed E-state index contributed by atoms with van der Waals surface area (Å²) in [5.41, 5.74) is 12.6. The summed E-state index contributed by atoms with van der Waals surface area (Å²) in [6, 6.07) is 66.5. The first kappa shape index (κ1) is 28.3. The minimum atomic E-state index is 0.556. The van der Waals surface area contributed by atoms with Crippen molar-refractivity contribution in [1.29, 1.82) is 0 Å². The third kappa shape index (κ3) is 5.71. The minimum Gasteiger partial charge on any atom is -0.303 e. The molecule has 0 atom stereocenters. The summed E-state index contributed by atoms with van der Waals surface area (Å²) in [5.74, 6) is 0.914. The molecule has 1 aliphatic rings. The molecule has 0 saturated heterocycles. The van der Waals surface area contributed by atoms with Gasteiger partial charge in [0.05, 0.1) is 11.4 Å². The SMILES string of the molecule is c1ccc(C2=NN(c3cc(-c4ccccc4)cc(-c4ccccc4)c3)CN2c2c(-c3ccccc3)cccc2-c2ccccc2)cc1. The lowest BCUT2D eigenvalue weighted by molar-refractivity contribution is 0.913. The van der Waals surface area contributed by atoms with Gasteiger partial charge in [0, 0.05) is 16.7 Å². The third-order valence-corrected chi connectivity index (χ3v) is 8.68. The van der Waals surface area contributed by atoms with Crippen molar-refractivity contribution in [3.8, 4) is 44.5 Å². The molecular formula is C44H33N3. The molecule has 7 aromatic rings. The molecule has 0 bridgehead atoms. The number of hydrazone groups is 1. The molecule has 0 N–H and O–H groups in total. The van der Waals surface area contributed by atoms with Crippen LogP contribution < -0.4 is 9.91 Å². The molecule has 0 fully saturated rings. The summed E-state index contributed by atoms with van der Waals surface area (Å²) in [6.07, 6.45) is 0. The number of benzene rings is 7. The van der Waals surface area contributed by atoms with Gasteiger partial charge in [0.1, 0.15) is 6.67 Å². The lowest BCUT2D eigenvalue weighted by Gasteiger charge is -2.27. The van der Waals surface area contributed by atoms with Crippen molar-refractivity contribution in [2.75, 3.05) is 16.6 Å². The van der Waals surface area contributed by atoms with E-state index in [1.54, 1.807) is 0 Å². The highest BCUT2D eigenvalue weighted by Crippen LogP contribution is 2.43. The van der Waals surface area contributed by atoms with Gasteiger partial charge < -0.3 is 4.90 Å². The number of hydrogen-bond acceptors (Lipinski definition) is 3. The zero-order valence-corrected chi connectivity index (χ0v) is 25.9. The van der Waals surface area contributed by atoms with Gasteiger partial charge in [-0.2, -0.15) is 5.10 Å². The Hall–Kier alpha value is -6.19. The molecule has 0 unspecified atom stereocenters. The Morgan fingerprint density at radius 2 is 0.766 bits per heavy atom. The normalized spacial score (nSPS) is 12.6. The first-order valence-electron chi connectivity index (χ1n) is 16.0. The molecule has 8 rings (SSSR count). The molecule has 3 heteroatoms. The molecule has 0 saturated carbocycles. The van der Waals surface area contributed by atoms with E-state index in [2.05, 4.69) is 198 Å². The highest BCUT2D eigenvalue weighted by Gasteiger charge is 2.31. The highest BCUT2D eigenvalue weighted by atomic mass is 15.6. The van der Waals surface area contributed by atoms with Crippen molar-refractivity contribution in [2.45, 2.75) is 0 Å². The molecule has 1 heterocycles. The smallest absolute Gasteiger partial charge is 0.162 e. The monoisotopic (exact) mass is 603 g/mol. The second-order valence-electron chi connectivity index (χ2n) is 11.7. The zero-order valence-electron chi connectivity index (χ0n) is 25.9. The first-order valence-corrected chi connectivity index (χ1v) is 16.0. The predicted octanol–water partition coefficient (Wildman–Crippen LogP) is 11.0. The van der Waals surface area contributed by atoms with E-state index in [4.69, 9.17) is 5.10 Å². The Bertz CT molecular complexity index is 2030. The van der Waals surface area contributed by atoms with Gasteiger partial charge >= 0.3 is 0 Å². The van der Waals surface area contributed by atoms with Gasteiger partial charge in [-0.3, -0.25) is 0 Å². The van der Waals surface area contributed by atoms with Crippen LogP contribution in [0.3, 0.4) is 0 Å². The van der Waals surface area contributed by atoms with Crippen LogP contribution in [-0.4, -0.2) is 12.5 Å². The Morgan fingerprint density at radius 3 is 1.21 bits per heavy atom. The molecule has 0 amide bonds. The number of anilines is 2. The topological polar surface area (TPSA) is 18.8 Å². The number of hydrogen-bond donors (Lipinski definition) is 0. The standard InChI is InChI=1S/C44H33N3/c1-6-17-33(18-7-1)38-29-39(34-19-8-2-9-20-34)31-40(30-38)47-32-46(44(45-47)37-25-14-5-15-26-37)43-41(35-21-10-3-11-22-35)27-16-28-42(43)36-23-12-4-13-24-36/h1-31H,32H2. The predicted molar refractivity (Wildman–Crippen MR) is 197 cm³/mol. The Balaban J connectivity index is 1.33. The maximum Gasteiger partial charge on any atom is 0.162 e. The van der Waals surface area contributed by atoms with E-state index in [1.165, 1.54) is 33.4 Å². The van der Waals surface area contributed by atoms with Crippen molar-refractivity contribution < 1.29 is 0 Å². The van der Waals surface area contributed by atoms with E-state index in [1.807, 2.05) is 0 Å². The maximum absolute atomic E-state index is 5.40. The quantitative estimate of drug-likeness (QED) is 0.180. The molecule has 0 spiro atoms. The first-order chi connectivity index (χ1) is 23.3. The average molecular weight is 604 g/mol. The molecule has 7 aromatic carbocycles. The highest BCUT2D eigenvalue weighted by molar-refractivity contribution is 6.15. The van der Waals surface area contributed by atoms with E-state index in [0.717, 1.165) is 33.9 Å². The van der Waals surface area contributed by atoms with Crippen LogP contribution in [-0.2, 0) is 0 Å². The summed E-state index contributed by atoms with van der Waals surface area (Å²) < 4.78 is 0. The van der Waals surface area contributed by atoms with Crippen molar-refractivity contribution in [3.05, 3.63) is 194 Å². The molecule has 1 aliphatic heterocycles. The second-order valence-corrected chi connectivity index (χ2v) is 11.7. The lowest BCUT2D eigenvalue weighted by Crippen LogP contribution is -2.32. The van der Waals surface area contributed by atoms with Crippen LogP contribution in [0.2, 0.25) is 0 Å². The maximum atomic E-state index is 5.40. The molecule has 0 aliphatic carbocycles. The van der Waals surface area contributed by atoms with Crippen LogP contribution >= 0.6 is 0 Å². The van der Waals surface area contributed by atoms with E-state index in [9.17, 15) is 0 Å². The van der Waals surface area contributed by atoms with Crippen LogP contribution in [0.25, 0.3) is 44.5 Å².